The van der Waals surface area contributed by atoms with E-state index in [0.29, 0.717) is 12.3 Å². The third kappa shape index (κ3) is 6.78. The highest BCUT2D eigenvalue weighted by Crippen LogP contribution is 2.05. The Hall–Kier alpha value is -1.24. The lowest BCUT2D eigenvalue weighted by molar-refractivity contribution is -0.132. The number of thioether (sulfide) groups is 1. The van der Waals surface area contributed by atoms with Gasteiger partial charge in [0.2, 0.25) is 11.0 Å². The van der Waals surface area contributed by atoms with Crippen LogP contribution in [0, 0.1) is 0 Å². The molecule has 0 atom stereocenters. The van der Waals surface area contributed by atoms with Crippen LogP contribution in [0.4, 0.5) is 0 Å². The number of hydrogen-bond acceptors (Lipinski definition) is 6. The summed E-state index contributed by atoms with van der Waals surface area (Å²) in [6.07, 6.45) is 0. The zero-order chi connectivity index (χ0) is 11.7. The molecule has 0 heterocycles. The Kier molecular flexibility index (Phi) is 7.43. The van der Waals surface area contributed by atoms with Gasteiger partial charge in [-0.15, -0.1) is 0 Å². The first kappa shape index (κ1) is 13.8. The summed E-state index contributed by atoms with van der Waals surface area (Å²) in [5.41, 5.74) is 0. The van der Waals surface area contributed by atoms with Gasteiger partial charge in [-0.05, 0) is 0 Å². The Morgan fingerprint density at radius 3 is 2.53 bits per heavy atom. The van der Waals surface area contributed by atoms with E-state index in [1.807, 2.05) is 0 Å². The molecule has 0 aliphatic heterocycles. The number of carbonyl (C=O) groups excluding carboxylic acids is 2. The van der Waals surface area contributed by atoms with Crippen molar-refractivity contribution in [1.29, 1.82) is 0 Å². The highest BCUT2D eigenvalue weighted by Gasteiger charge is 2.12. The molecule has 6 nitrogen and oxygen atoms in total. The molecule has 86 valence electrons. The molecule has 0 aliphatic carbocycles. The maximum Gasteiger partial charge on any atom is 0.366 e. The van der Waals surface area contributed by atoms with E-state index in [4.69, 9.17) is 0 Å². The third-order valence-corrected chi connectivity index (χ3v) is 2.17. The van der Waals surface area contributed by atoms with Crippen molar-refractivity contribution in [3.63, 3.8) is 0 Å². The number of methoxy groups -OCH3 is 1. The zero-order valence-corrected chi connectivity index (χ0v) is 9.72. The molecule has 0 aromatic heterocycles. The van der Waals surface area contributed by atoms with Crippen LogP contribution in [-0.4, -0.2) is 43.4 Å². The summed E-state index contributed by atoms with van der Waals surface area (Å²) in [6.45, 7) is 1.88. The molecule has 0 spiro atoms. The lowest BCUT2D eigenvalue weighted by Crippen LogP contribution is -2.23. The van der Waals surface area contributed by atoms with Crippen LogP contribution in [0.3, 0.4) is 0 Å². The van der Waals surface area contributed by atoms with Crippen molar-refractivity contribution >= 4 is 28.7 Å². The Morgan fingerprint density at radius 2 is 2.07 bits per heavy atom. The molecule has 0 saturated carbocycles. The van der Waals surface area contributed by atoms with E-state index in [9.17, 15) is 9.59 Å². The first-order valence-electron chi connectivity index (χ1n) is 4.18. The van der Waals surface area contributed by atoms with E-state index in [1.165, 1.54) is 21.1 Å². The number of esters is 1. The molecule has 1 amide bonds. The fraction of sp³-hybridized carbons (Fsp3) is 0.625. The van der Waals surface area contributed by atoms with Gasteiger partial charge in [-0.2, -0.15) is 0 Å². The average molecular weight is 234 g/mol. The fourth-order valence-electron chi connectivity index (χ4n) is 0.668. The molecule has 0 bridgehead atoms. The first-order valence-corrected chi connectivity index (χ1v) is 5.17. The number of nitrogens with one attached hydrogen (secondary N) is 1. The minimum absolute atomic E-state index is 0.112. The van der Waals surface area contributed by atoms with Crippen LogP contribution in [0.15, 0.2) is 5.16 Å². The average Bonchev–Trinajstić information content (AvgIpc) is 2.21. The minimum atomic E-state index is -0.551. The second-order valence-electron chi connectivity index (χ2n) is 2.40. The monoisotopic (exact) mass is 234 g/mol. The minimum Gasteiger partial charge on any atom is -0.464 e. The van der Waals surface area contributed by atoms with Crippen LogP contribution in [0.2, 0.25) is 0 Å². The number of ether oxygens (including phenoxy) is 1. The third-order valence-electron chi connectivity index (χ3n) is 1.25. The number of nitrogens with zero attached hydrogens (tertiary/aromatic N) is 1. The van der Waals surface area contributed by atoms with Gasteiger partial charge in [0.15, 0.2) is 0 Å². The van der Waals surface area contributed by atoms with Gasteiger partial charge < -0.3 is 14.9 Å². The van der Waals surface area contributed by atoms with E-state index in [-0.39, 0.29) is 11.0 Å². The van der Waals surface area contributed by atoms with Crippen molar-refractivity contribution in [3.05, 3.63) is 0 Å². The summed E-state index contributed by atoms with van der Waals surface area (Å²) in [4.78, 5) is 26.1. The van der Waals surface area contributed by atoms with Gasteiger partial charge >= 0.3 is 5.97 Å². The van der Waals surface area contributed by atoms with E-state index in [2.05, 4.69) is 20.0 Å². The number of oxime groups is 1. The van der Waals surface area contributed by atoms with Gasteiger partial charge in [-0.25, -0.2) is 4.79 Å². The molecule has 0 aromatic carbocycles. The van der Waals surface area contributed by atoms with Crippen LogP contribution in [0.25, 0.3) is 0 Å². The quantitative estimate of drug-likeness (QED) is 0.243. The molecule has 0 aliphatic rings. The van der Waals surface area contributed by atoms with Gasteiger partial charge in [0.05, 0.1) is 7.11 Å². The summed E-state index contributed by atoms with van der Waals surface area (Å²) < 4.78 is 4.49. The summed E-state index contributed by atoms with van der Waals surface area (Å²) in [5, 5.41) is 6.23. The maximum atomic E-state index is 11.1. The number of amides is 1. The lowest BCUT2D eigenvalue weighted by Gasteiger charge is -2.03. The number of rotatable bonds is 4. The van der Waals surface area contributed by atoms with E-state index in [0.717, 1.165) is 11.8 Å². The van der Waals surface area contributed by atoms with Gasteiger partial charge in [-0.1, -0.05) is 16.9 Å². The summed E-state index contributed by atoms with van der Waals surface area (Å²) >= 11 is 1.16. The van der Waals surface area contributed by atoms with Gasteiger partial charge in [0.25, 0.3) is 0 Å². The smallest absolute Gasteiger partial charge is 0.366 e. The Bertz CT molecular complexity index is 255. The van der Waals surface area contributed by atoms with E-state index < -0.39 is 5.97 Å². The zero-order valence-electron chi connectivity index (χ0n) is 8.90. The van der Waals surface area contributed by atoms with Gasteiger partial charge in [-0.3, -0.25) is 4.79 Å². The Labute approximate surface area is 92.4 Å². The molecule has 0 aromatic rings. The SMILES string of the molecule is CON=C(SCCNC(C)=O)C(=O)OC. The molecule has 0 rings (SSSR count). The Morgan fingerprint density at radius 1 is 1.40 bits per heavy atom. The Balaban J connectivity index is 3.93. The highest BCUT2D eigenvalue weighted by atomic mass is 32.2. The van der Waals surface area contributed by atoms with Gasteiger partial charge in [0, 0.05) is 19.2 Å². The van der Waals surface area contributed by atoms with Gasteiger partial charge in [0.1, 0.15) is 7.11 Å². The molecule has 15 heavy (non-hydrogen) atoms. The maximum absolute atomic E-state index is 11.1. The second-order valence-corrected chi connectivity index (χ2v) is 3.49. The number of hydrogen-bond donors (Lipinski definition) is 1. The van der Waals surface area contributed by atoms with Crippen molar-refractivity contribution in [2.24, 2.45) is 5.16 Å². The van der Waals surface area contributed by atoms with Crippen molar-refractivity contribution in [3.8, 4) is 0 Å². The normalized spacial score (nSPS) is 10.7. The van der Waals surface area contributed by atoms with Crippen LogP contribution in [0.5, 0.6) is 0 Å². The standard InChI is InChI=1S/C8H14N2O4S/c1-6(11)9-4-5-15-7(10-14-3)8(12)13-2/h4-5H2,1-3H3,(H,9,11). The molecule has 7 heteroatoms. The van der Waals surface area contributed by atoms with E-state index >= 15 is 0 Å². The lowest BCUT2D eigenvalue weighted by atomic mass is 10.6. The topological polar surface area (TPSA) is 77.0 Å². The van der Waals surface area contributed by atoms with Crippen LogP contribution >= 0.6 is 11.8 Å². The summed E-state index contributed by atoms with van der Waals surface area (Å²) in [5.74, 6) is -0.139. The molecular weight excluding hydrogens is 220 g/mol. The predicted octanol–water partition coefficient (Wildman–Crippen LogP) is -0.0114. The van der Waals surface area contributed by atoms with E-state index in [1.54, 1.807) is 0 Å². The second kappa shape index (κ2) is 8.10. The molecule has 0 fully saturated rings. The van der Waals surface area contributed by atoms with Crippen molar-refractivity contribution < 1.29 is 19.2 Å². The van der Waals surface area contributed by atoms with Crippen molar-refractivity contribution in [2.75, 3.05) is 26.5 Å². The molecule has 0 radical (unpaired) electrons. The van der Waals surface area contributed by atoms with Crippen LogP contribution < -0.4 is 5.32 Å². The van der Waals surface area contributed by atoms with Crippen molar-refractivity contribution in [1.82, 2.24) is 5.32 Å². The van der Waals surface area contributed by atoms with Crippen LogP contribution in [0.1, 0.15) is 6.92 Å². The largest absolute Gasteiger partial charge is 0.464 e. The molecule has 1 N–H and O–H groups in total. The summed E-state index contributed by atoms with van der Waals surface area (Å²) in [6, 6.07) is 0. The fourth-order valence-corrected chi connectivity index (χ4v) is 1.39. The summed E-state index contributed by atoms with van der Waals surface area (Å²) in [7, 11) is 2.61. The predicted molar refractivity (Wildman–Crippen MR) is 57.6 cm³/mol. The molecule has 0 unspecified atom stereocenters. The van der Waals surface area contributed by atoms with Crippen molar-refractivity contribution in [2.45, 2.75) is 6.92 Å². The van der Waals surface area contributed by atoms with Crippen LogP contribution in [-0.2, 0) is 19.2 Å². The highest BCUT2D eigenvalue weighted by molar-refractivity contribution is 8.15. The molecular formula is C8H14N2O4S. The molecule has 0 saturated heterocycles. The number of carbonyl (C=O) groups is 2. The first-order chi connectivity index (χ1) is 7.11.